The number of anilines is 1. The number of nitrogens with zero attached hydrogens (tertiary/aromatic N) is 6. The maximum Gasteiger partial charge on any atom is 0.211 e. The van der Waals surface area contributed by atoms with Crippen molar-refractivity contribution in [1.29, 1.82) is 5.26 Å². The molecule has 0 aromatic carbocycles. The van der Waals surface area contributed by atoms with Gasteiger partial charge in [-0.25, -0.2) is 28.4 Å². The second kappa shape index (κ2) is 5.72. The van der Waals surface area contributed by atoms with Gasteiger partial charge in [0.25, 0.3) is 0 Å². The third kappa shape index (κ3) is 2.75. The van der Waals surface area contributed by atoms with Crippen LogP contribution in [0.15, 0.2) is 30.9 Å². The van der Waals surface area contributed by atoms with Crippen molar-refractivity contribution in [3.05, 3.63) is 30.9 Å². The van der Waals surface area contributed by atoms with Gasteiger partial charge in [-0.3, -0.25) is 0 Å². The number of H-pyrrole nitrogens is 1. The average Bonchev–Trinajstić information content (AvgIpc) is 3.05. The smallest absolute Gasteiger partial charge is 0.211 e. The summed E-state index contributed by atoms with van der Waals surface area (Å²) >= 11 is 0. The molecule has 11 heteroatoms. The molecule has 26 heavy (non-hydrogen) atoms. The van der Waals surface area contributed by atoms with Crippen LogP contribution in [0, 0.1) is 11.3 Å². The van der Waals surface area contributed by atoms with Crippen molar-refractivity contribution in [3.63, 3.8) is 0 Å². The Morgan fingerprint density at radius 3 is 2.85 bits per heavy atom. The molecule has 1 aliphatic rings. The van der Waals surface area contributed by atoms with E-state index in [1.54, 1.807) is 18.5 Å². The normalized spacial score (nSPS) is 16.8. The van der Waals surface area contributed by atoms with Crippen molar-refractivity contribution in [2.75, 3.05) is 24.7 Å². The highest BCUT2D eigenvalue weighted by Crippen LogP contribution is 2.28. The van der Waals surface area contributed by atoms with Crippen LogP contribution < -0.4 is 5.32 Å². The van der Waals surface area contributed by atoms with Gasteiger partial charge in [0, 0.05) is 17.8 Å². The molecule has 0 bridgehead atoms. The molecule has 10 nitrogen and oxygen atoms in total. The molecule has 0 spiro atoms. The Morgan fingerprint density at radius 2 is 2.12 bits per heavy atom. The van der Waals surface area contributed by atoms with Gasteiger partial charge in [-0.15, -0.1) is 0 Å². The Kier molecular flexibility index (Phi) is 3.60. The van der Waals surface area contributed by atoms with Crippen molar-refractivity contribution < 1.29 is 8.42 Å². The van der Waals surface area contributed by atoms with Crippen molar-refractivity contribution in [1.82, 2.24) is 29.2 Å². The number of nitrogens with one attached hydrogen (secondary N) is 2. The van der Waals surface area contributed by atoms with Crippen molar-refractivity contribution >= 4 is 26.9 Å². The van der Waals surface area contributed by atoms with Crippen molar-refractivity contribution in [2.45, 2.75) is 5.54 Å². The fraction of sp³-hybridized carbons (Fsp3) is 0.267. The molecule has 4 rings (SSSR count). The fourth-order valence-electron chi connectivity index (χ4n) is 2.81. The lowest BCUT2D eigenvalue weighted by Crippen LogP contribution is -2.66. The van der Waals surface area contributed by atoms with E-state index >= 15 is 0 Å². The van der Waals surface area contributed by atoms with Crippen LogP contribution in [0.25, 0.3) is 22.6 Å². The Labute approximate surface area is 149 Å². The highest BCUT2D eigenvalue weighted by molar-refractivity contribution is 7.88. The third-order valence-electron chi connectivity index (χ3n) is 4.16. The first-order valence-corrected chi connectivity index (χ1v) is 9.51. The monoisotopic (exact) mass is 370 g/mol. The third-order valence-corrected chi connectivity index (χ3v) is 5.36. The Morgan fingerprint density at radius 1 is 1.31 bits per heavy atom. The van der Waals surface area contributed by atoms with Crippen LogP contribution in [0.4, 0.5) is 5.82 Å². The summed E-state index contributed by atoms with van der Waals surface area (Å²) < 4.78 is 24.3. The summed E-state index contributed by atoms with van der Waals surface area (Å²) in [5.41, 5.74) is 0.231. The van der Waals surface area contributed by atoms with E-state index in [0.29, 0.717) is 23.0 Å². The number of aromatic amines is 1. The molecule has 0 atom stereocenters. The Bertz CT molecular complexity index is 1130. The molecular formula is C15H14N8O2S. The van der Waals surface area contributed by atoms with Gasteiger partial charge in [0.1, 0.15) is 23.5 Å². The topological polar surface area (TPSA) is 141 Å². The minimum Gasteiger partial charge on any atom is -0.350 e. The predicted molar refractivity (Wildman–Crippen MR) is 93.3 cm³/mol. The molecule has 3 aromatic heterocycles. The molecule has 0 unspecified atom stereocenters. The first-order chi connectivity index (χ1) is 12.4. The maximum absolute atomic E-state index is 11.6. The van der Waals surface area contributed by atoms with Gasteiger partial charge < -0.3 is 10.3 Å². The van der Waals surface area contributed by atoms with Crippen LogP contribution in [0.2, 0.25) is 0 Å². The summed E-state index contributed by atoms with van der Waals surface area (Å²) in [6.07, 6.45) is 5.85. The van der Waals surface area contributed by atoms with Gasteiger partial charge in [0.15, 0.2) is 11.4 Å². The summed E-state index contributed by atoms with van der Waals surface area (Å²) in [7, 11) is -3.32. The minimum absolute atomic E-state index is 0.0667. The number of sulfonamides is 1. The van der Waals surface area contributed by atoms with E-state index in [1.165, 1.54) is 10.6 Å². The summed E-state index contributed by atoms with van der Waals surface area (Å²) in [5.74, 6) is 0.807. The molecule has 0 radical (unpaired) electrons. The van der Waals surface area contributed by atoms with Gasteiger partial charge in [-0.2, -0.15) is 9.57 Å². The lowest BCUT2D eigenvalue weighted by Gasteiger charge is -2.44. The van der Waals surface area contributed by atoms with Gasteiger partial charge >= 0.3 is 0 Å². The zero-order chi connectivity index (χ0) is 18.4. The van der Waals surface area contributed by atoms with E-state index in [9.17, 15) is 13.7 Å². The summed E-state index contributed by atoms with van der Waals surface area (Å²) in [4.78, 5) is 20.1. The molecule has 1 saturated heterocycles. The van der Waals surface area contributed by atoms with Crippen molar-refractivity contribution in [2.24, 2.45) is 0 Å². The van der Waals surface area contributed by atoms with Crippen LogP contribution >= 0.6 is 0 Å². The average molecular weight is 370 g/mol. The van der Waals surface area contributed by atoms with E-state index in [4.69, 9.17) is 0 Å². The number of rotatable bonds is 4. The lowest BCUT2D eigenvalue weighted by molar-refractivity contribution is 0.228. The number of hydrogen-bond acceptors (Lipinski definition) is 8. The minimum atomic E-state index is -3.32. The Hall–Kier alpha value is -3.10. The van der Waals surface area contributed by atoms with Gasteiger partial charge in [-0.05, 0) is 12.1 Å². The molecule has 132 valence electrons. The molecule has 0 saturated carbocycles. The Balaban J connectivity index is 1.63. The van der Waals surface area contributed by atoms with Gasteiger partial charge in [0.05, 0.1) is 25.4 Å². The number of nitriles is 1. The van der Waals surface area contributed by atoms with E-state index in [2.05, 4.69) is 36.3 Å². The molecule has 0 aliphatic carbocycles. The van der Waals surface area contributed by atoms with E-state index in [-0.39, 0.29) is 13.1 Å². The van der Waals surface area contributed by atoms with Crippen LogP contribution in [0.5, 0.6) is 0 Å². The standard InChI is InChI=1S/C15H14N8O2S/c1-26(24,25)23-7-15(6-16,8-23)22-11-3-5-18-14(21-11)12-10-2-4-17-13(10)20-9-19-12/h2-5,9H,7-8H2,1H3,(H,17,19,20)(H,18,21,22). The first-order valence-electron chi connectivity index (χ1n) is 7.66. The number of aromatic nitrogens is 5. The van der Waals surface area contributed by atoms with Gasteiger partial charge in [-0.1, -0.05) is 0 Å². The van der Waals surface area contributed by atoms with Crippen molar-refractivity contribution in [3.8, 4) is 17.6 Å². The van der Waals surface area contributed by atoms with E-state index in [0.717, 1.165) is 11.6 Å². The maximum atomic E-state index is 11.6. The summed E-state index contributed by atoms with van der Waals surface area (Å²) in [6, 6.07) is 5.60. The lowest BCUT2D eigenvalue weighted by atomic mass is 9.94. The van der Waals surface area contributed by atoms with E-state index < -0.39 is 15.6 Å². The first kappa shape index (κ1) is 16.4. The SMILES string of the molecule is CS(=O)(=O)N1CC(C#N)(Nc2ccnc(-c3ncnc4[nH]ccc34)n2)C1. The molecule has 1 fully saturated rings. The molecule has 1 aliphatic heterocycles. The zero-order valence-electron chi connectivity index (χ0n) is 13.7. The summed E-state index contributed by atoms with van der Waals surface area (Å²) in [5, 5.41) is 13.3. The van der Waals surface area contributed by atoms with Crippen LogP contribution in [-0.4, -0.2) is 62.5 Å². The predicted octanol–water partition coefficient (Wildman–Crippen LogP) is 0.364. The summed E-state index contributed by atoms with van der Waals surface area (Å²) in [6.45, 7) is 0.133. The molecule has 3 aromatic rings. The number of hydrogen-bond donors (Lipinski definition) is 2. The zero-order valence-corrected chi connectivity index (χ0v) is 14.5. The second-order valence-corrected chi connectivity index (χ2v) is 8.06. The highest BCUT2D eigenvalue weighted by Gasteiger charge is 2.47. The molecule has 2 N–H and O–H groups in total. The highest BCUT2D eigenvalue weighted by atomic mass is 32.2. The second-order valence-electron chi connectivity index (χ2n) is 6.08. The van der Waals surface area contributed by atoms with Gasteiger partial charge in [0.2, 0.25) is 10.0 Å². The quantitative estimate of drug-likeness (QED) is 0.671. The molecule has 4 heterocycles. The number of fused-ring (bicyclic) bond motifs is 1. The van der Waals surface area contributed by atoms with Crippen LogP contribution in [-0.2, 0) is 10.0 Å². The largest absolute Gasteiger partial charge is 0.350 e. The molecular weight excluding hydrogens is 356 g/mol. The van der Waals surface area contributed by atoms with E-state index in [1.807, 2.05) is 6.07 Å². The molecule has 0 amide bonds. The fourth-order valence-corrected chi connectivity index (χ4v) is 3.72. The van der Waals surface area contributed by atoms with Crippen LogP contribution in [0.3, 0.4) is 0 Å². The van der Waals surface area contributed by atoms with Crippen LogP contribution in [0.1, 0.15) is 0 Å².